The van der Waals surface area contributed by atoms with Crippen molar-refractivity contribution in [3.8, 4) is 0 Å². The molecule has 17 heavy (non-hydrogen) atoms. The Morgan fingerprint density at radius 2 is 1.65 bits per heavy atom. The summed E-state index contributed by atoms with van der Waals surface area (Å²) in [6.45, 7) is 0. The molecule has 1 rings (SSSR count). The van der Waals surface area contributed by atoms with Gasteiger partial charge in [-0.1, -0.05) is 42.5 Å². The Kier molecular flexibility index (Phi) is 7.54. The maximum absolute atomic E-state index is 10.5. The summed E-state index contributed by atoms with van der Waals surface area (Å²) in [5.41, 5.74) is 0.317. The van der Waals surface area contributed by atoms with Crippen LogP contribution in [-0.2, 0) is 9.59 Å². The van der Waals surface area contributed by atoms with Crippen LogP contribution in [0.5, 0.6) is 0 Å². The van der Waals surface area contributed by atoms with E-state index >= 15 is 0 Å². The molecule has 82 valence electrons. The van der Waals surface area contributed by atoms with Crippen molar-refractivity contribution in [1.29, 1.82) is 0 Å². The third-order valence-electron chi connectivity index (χ3n) is 1.76. The molecule has 0 radical (unpaired) electrons. The van der Waals surface area contributed by atoms with Crippen molar-refractivity contribution in [2.45, 2.75) is 0 Å². The standard InChI is InChI=1S/C12H10O4.Ca/c13-11(14)8-10(12(15)16)7-6-9-4-2-1-3-5-9;/h1-8H,(H,13,14)(H,15,16);/q;+2/p-2/b7-6+,10-8-;. The normalized spacial score (nSPS) is 10.9. The molecule has 0 saturated heterocycles. The van der Waals surface area contributed by atoms with Crippen LogP contribution >= 0.6 is 0 Å². The van der Waals surface area contributed by atoms with E-state index in [0.29, 0.717) is 6.08 Å². The molecule has 0 unspecified atom stereocenters. The number of benzene rings is 1. The van der Waals surface area contributed by atoms with Gasteiger partial charge in [0.25, 0.3) is 0 Å². The minimum absolute atomic E-state index is 0. The second kappa shape index (κ2) is 8.06. The first kappa shape index (κ1) is 15.9. The molecule has 0 N–H and O–H groups in total. The van der Waals surface area contributed by atoms with Gasteiger partial charge < -0.3 is 19.8 Å². The molecule has 0 spiro atoms. The summed E-state index contributed by atoms with van der Waals surface area (Å²) in [4.78, 5) is 20.7. The van der Waals surface area contributed by atoms with E-state index in [1.807, 2.05) is 6.07 Å². The maximum atomic E-state index is 10.5. The van der Waals surface area contributed by atoms with E-state index in [2.05, 4.69) is 0 Å². The van der Waals surface area contributed by atoms with Crippen LogP contribution in [0, 0.1) is 0 Å². The molecule has 5 heteroatoms. The van der Waals surface area contributed by atoms with Crippen molar-refractivity contribution in [3.63, 3.8) is 0 Å². The van der Waals surface area contributed by atoms with Crippen LogP contribution in [0.2, 0.25) is 0 Å². The molecule has 0 fully saturated rings. The Balaban J connectivity index is 0.00000256. The molecule has 0 atom stereocenters. The summed E-state index contributed by atoms with van der Waals surface area (Å²) in [5, 5.41) is 20.7. The predicted octanol–water partition coefficient (Wildman–Crippen LogP) is -1.25. The van der Waals surface area contributed by atoms with Crippen molar-refractivity contribution in [2.24, 2.45) is 0 Å². The van der Waals surface area contributed by atoms with Crippen LogP contribution in [0.3, 0.4) is 0 Å². The molecular weight excluding hydrogens is 248 g/mol. The Morgan fingerprint density at radius 1 is 1.06 bits per heavy atom. The average molecular weight is 256 g/mol. The minimum Gasteiger partial charge on any atom is -0.545 e. The van der Waals surface area contributed by atoms with Crippen LogP contribution in [0.25, 0.3) is 6.08 Å². The van der Waals surface area contributed by atoms with Gasteiger partial charge in [0.05, 0.1) is 11.9 Å². The fourth-order valence-corrected chi connectivity index (χ4v) is 1.05. The number of hydrogen-bond acceptors (Lipinski definition) is 4. The van der Waals surface area contributed by atoms with Gasteiger partial charge in [0.1, 0.15) is 0 Å². The molecule has 4 nitrogen and oxygen atoms in total. The van der Waals surface area contributed by atoms with Crippen molar-refractivity contribution in [2.75, 3.05) is 0 Å². The van der Waals surface area contributed by atoms with E-state index in [4.69, 9.17) is 0 Å². The van der Waals surface area contributed by atoms with E-state index in [-0.39, 0.29) is 37.7 Å². The molecule has 0 aliphatic rings. The zero-order valence-corrected chi connectivity index (χ0v) is 11.2. The number of carbonyl (C=O) groups is 2. The van der Waals surface area contributed by atoms with Crippen LogP contribution < -0.4 is 10.2 Å². The zero-order valence-electron chi connectivity index (χ0n) is 8.96. The number of carboxylic acid groups (broad SMARTS) is 2. The third kappa shape index (κ3) is 6.26. The molecule has 1 aromatic rings. The molecule has 0 heterocycles. The number of rotatable bonds is 4. The summed E-state index contributed by atoms with van der Waals surface area (Å²) < 4.78 is 0. The molecule has 0 aliphatic carbocycles. The van der Waals surface area contributed by atoms with Crippen molar-refractivity contribution < 1.29 is 19.8 Å². The fourth-order valence-electron chi connectivity index (χ4n) is 1.05. The van der Waals surface area contributed by atoms with Crippen LogP contribution in [0.15, 0.2) is 48.1 Å². The SMILES string of the molecule is O=C([O-])/C=C(/C=C/c1ccccc1)C(=O)[O-].[Ca+2]. The third-order valence-corrected chi connectivity index (χ3v) is 1.76. The monoisotopic (exact) mass is 256 g/mol. The molecule has 1 aromatic carbocycles. The van der Waals surface area contributed by atoms with Gasteiger partial charge in [0, 0.05) is 0 Å². The van der Waals surface area contributed by atoms with Gasteiger partial charge >= 0.3 is 37.7 Å². The van der Waals surface area contributed by atoms with Gasteiger partial charge in [-0.2, -0.15) is 0 Å². The first-order valence-corrected chi connectivity index (χ1v) is 4.47. The van der Waals surface area contributed by atoms with Crippen molar-refractivity contribution in [3.05, 3.63) is 53.6 Å². The van der Waals surface area contributed by atoms with Gasteiger partial charge in [-0.25, -0.2) is 0 Å². The van der Waals surface area contributed by atoms with E-state index in [1.165, 1.54) is 6.08 Å². The van der Waals surface area contributed by atoms with E-state index < -0.39 is 17.5 Å². The van der Waals surface area contributed by atoms with Crippen molar-refractivity contribution >= 4 is 55.8 Å². The predicted molar refractivity (Wildman–Crippen MR) is 59.3 cm³/mol. The molecule has 0 aromatic heterocycles. The average Bonchev–Trinajstić information content (AvgIpc) is 2.25. The summed E-state index contributed by atoms with van der Waals surface area (Å²) in [6, 6.07) is 8.88. The number of carbonyl (C=O) groups excluding carboxylic acids is 2. The van der Waals surface area contributed by atoms with Crippen molar-refractivity contribution in [1.82, 2.24) is 0 Å². The van der Waals surface area contributed by atoms with Gasteiger partial charge in [0.15, 0.2) is 0 Å². The molecule has 0 saturated carbocycles. The minimum atomic E-state index is -1.57. The second-order valence-corrected chi connectivity index (χ2v) is 2.95. The fraction of sp³-hybridized carbons (Fsp3) is 0. The van der Waals surface area contributed by atoms with Crippen LogP contribution in [0.4, 0.5) is 0 Å². The summed E-state index contributed by atoms with van der Waals surface area (Å²) in [7, 11) is 0. The molecule has 0 bridgehead atoms. The van der Waals surface area contributed by atoms with Gasteiger partial charge in [-0.15, -0.1) is 0 Å². The van der Waals surface area contributed by atoms with Gasteiger partial charge in [0.2, 0.25) is 0 Å². The summed E-state index contributed by atoms with van der Waals surface area (Å²) in [6.07, 6.45) is 3.11. The maximum Gasteiger partial charge on any atom is 2.00 e. The Morgan fingerprint density at radius 3 is 2.12 bits per heavy atom. The first-order chi connectivity index (χ1) is 7.59. The van der Waals surface area contributed by atoms with Crippen LogP contribution in [0.1, 0.15) is 5.56 Å². The first-order valence-electron chi connectivity index (χ1n) is 4.47. The zero-order chi connectivity index (χ0) is 12.0. The Labute approximate surface area is 128 Å². The summed E-state index contributed by atoms with van der Waals surface area (Å²) in [5.74, 6) is -3.13. The van der Waals surface area contributed by atoms with E-state index in [1.54, 1.807) is 24.3 Å². The van der Waals surface area contributed by atoms with Crippen LogP contribution in [-0.4, -0.2) is 49.7 Å². The van der Waals surface area contributed by atoms with E-state index in [0.717, 1.165) is 11.6 Å². The molecule has 0 amide bonds. The Bertz CT molecular complexity index is 449. The quantitative estimate of drug-likeness (QED) is 0.383. The molecule has 0 aliphatic heterocycles. The van der Waals surface area contributed by atoms with Gasteiger partial charge in [-0.05, 0) is 17.2 Å². The smallest absolute Gasteiger partial charge is 0.545 e. The number of carboxylic acids is 2. The number of aliphatic carboxylic acids is 2. The molecular formula is C12H8CaO4. The summed E-state index contributed by atoms with van der Waals surface area (Å²) >= 11 is 0. The van der Waals surface area contributed by atoms with Gasteiger partial charge in [-0.3, -0.25) is 0 Å². The topological polar surface area (TPSA) is 80.3 Å². The second-order valence-electron chi connectivity index (χ2n) is 2.95. The Hall–Kier alpha value is -1.10. The largest absolute Gasteiger partial charge is 2.00 e. The number of hydrogen-bond donors (Lipinski definition) is 0. The van der Waals surface area contributed by atoms with E-state index in [9.17, 15) is 19.8 Å².